The molecule has 2 nitrogen and oxygen atoms in total. The van der Waals surface area contributed by atoms with Crippen molar-refractivity contribution in [3.05, 3.63) is 0 Å². The highest BCUT2D eigenvalue weighted by Gasteiger charge is 2.60. The van der Waals surface area contributed by atoms with Gasteiger partial charge in [0, 0.05) is 11.8 Å². The summed E-state index contributed by atoms with van der Waals surface area (Å²) in [6.07, 6.45) is 1.64. The first-order chi connectivity index (χ1) is 5.87. The van der Waals surface area contributed by atoms with Gasteiger partial charge in [0.15, 0.2) is 0 Å². The summed E-state index contributed by atoms with van der Waals surface area (Å²) in [4.78, 5) is 11.3. The van der Waals surface area contributed by atoms with E-state index in [1.807, 2.05) is 0 Å². The minimum absolute atomic E-state index is 0.00354. The molecular formula is C11H18O2. The normalized spacial score (nSPS) is 47.5. The average molecular weight is 182 g/mol. The number of ether oxygens (including phenoxy) is 1. The molecule has 2 fully saturated rings. The molecule has 1 heterocycles. The lowest BCUT2D eigenvalue weighted by atomic mass is 9.69. The molecule has 2 rings (SSSR count). The smallest absolute Gasteiger partial charge is 0.306 e. The molecule has 0 aromatic rings. The van der Waals surface area contributed by atoms with E-state index in [0.29, 0.717) is 18.3 Å². The number of hydrogen-bond donors (Lipinski definition) is 0. The second kappa shape index (κ2) is 2.28. The zero-order chi connectivity index (χ0) is 9.85. The Kier molecular flexibility index (Phi) is 1.59. The molecule has 1 aliphatic heterocycles. The van der Waals surface area contributed by atoms with E-state index >= 15 is 0 Å². The van der Waals surface area contributed by atoms with E-state index < -0.39 is 0 Å². The SMILES string of the molecule is CC1CC2(C)OC(=O)CC1C2(C)C. The summed E-state index contributed by atoms with van der Waals surface area (Å²) >= 11 is 0. The maximum atomic E-state index is 11.3. The molecule has 0 spiro atoms. The molecule has 0 aromatic carbocycles. The van der Waals surface area contributed by atoms with Gasteiger partial charge in [-0.1, -0.05) is 20.8 Å². The first-order valence-corrected chi connectivity index (χ1v) is 5.09. The van der Waals surface area contributed by atoms with Crippen LogP contribution in [0.25, 0.3) is 0 Å². The zero-order valence-corrected chi connectivity index (χ0v) is 8.89. The fourth-order valence-electron chi connectivity index (χ4n) is 3.23. The van der Waals surface area contributed by atoms with Crippen LogP contribution >= 0.6 is 0 Å². The van der Waals surface area contributed by atoms with E-state index in [4.69, 9.17) is 4.74 Å². The molecule has 13 heavy (non-hydrogen) atoms. The topological polar surface area (TPSA) is 26.3 Å². The van der Waals surface area contributed by atoms with Gasteiger partial charge in [0.1, 0.15) is 5.60 Å². The first-order valence-electron chi connectivity index (χ1n) is 5.09. The number of carbonyl (C=O) groups is 1. The largest absolute Gasteiger partial charge is 0.459 e. The number of esters is 1. The minimum atomic E-state index is -0.216. The Balaban J connectivity index is 2.41. The minimum Gasteiger partial charge on any atom is -0.459 e. The van der Waals surface area contributed by atoms with Gasteiger partial charge in [-0.2, -0.15) is 0 Å². The van der Waals surface area contributed by atoms with Crippen molar-refractivity contribution in [1.29, 1.82) is 0 Å². The van der Waals surface area contributed by atoms with E-state index in [-0.39, 0.29) is 17.0 Å². The van der Waals surface area contributed by atoms with Crippen molar-refractivity contribution in [3.8, 4) is 0 Å². The van der Waals surface area contributed by atoms with Gasteiger partial charge in [0.05, 0.1) is 0 Å². The van der Waals surface area contributed by atoms with Crippen LogP contribution in [0.2, 0.25) is 0 Å². The summed E-state index contributed by atoms with van der Waals surface area (Å²) in [6.45, 7) is 8.78. The molecular weight excluding hydrogens is 164 g/mol. The Morgan fingerprint density at radius 1 is 1.38 bits per heavy atom. The summed E-state index contributed by atoms with van der Waals surface area (Å²) in [6, 6.07) is 0. The fourth-order valence-corrected chi connectivity index (χ4v) is 3.23. The number of rotatable bonds is 0. The van der Waals surface area contributed by atoms with Crippen LogP contribution in [0.1, 0.15) is 40.5 Å². The van der Waals surface area contributed by atoms with Gasteiger partial charge < -0.3 is 4.74 Å². The van der Waals surface area contributed by atoms with Crippen LogP contribution in [0.4, 0.5) is 0 Å². The highest BCUT2D eigenvalue weighted by molar-refractivity contribution is 5.72. The van der Waals surface area contributed by atoms with Gasteiger partial charge in [0.2, 0.25) is 0 Å². The Hall–Kier alpha value is -0.530. The maximum absolute atomic E-state index is 11.3. The first kappa shape index (κ1) is 9.04. The van der Waals surface area contributed by atoms with Crippen molar-refractivity contribution in [2.45, 2.75) is 46.1 Å². The lowest BCUT2D eigenvalue weighted by molar-refractivity contribution is -0.182. The van der Waals surface area contributed by atoms with E-state index in [1.165, 1.54) is 0 Å². The third-order valence-electron chi connectivity index (χ3n) is 4.41. The number of carbonyl (C=O) groups excluding carboxylic acids is 1. The van der Waals surface area contributed by atoms with Crippen LogP contribution < -0.4 is 0 Å². The van der Waals surface area contributed by atoms with Crippen molar-refractivity contribution in [3.63, 3.8) is 0 Å². The molecule has 1 aliphatic carbocycles. The van der Waals surface area contributed by atoms with Crippen molar-refractivity contribution in [2.75, 3.05) is 0 Å². The van der Waals surface area contributed by atoms with E-state index in [2.05, 4.69) is 27.7 Å². The highest BCUT2D eigenvalue weighted by Crippen LogP contribution is 2.58. The summed E-state index contributed by atoms with van der Waals surface area (Å²) in [7, 11) is 0. The van der Waals surface area contributed by atoms with Gasteiger partial charge >= 0.3 is 5.97 Å². The standard InChI is InChI=1S/C11H18O2/c1-7-6-11(4)10(2,3)8(7)5-9(12)13-11/h7-8H,5-6H2,1-4H3. The quantitative estimate of drug-likeness (QED) is 0.538. The van der Waals surface area contributed by atoms with Gasteiger partial charge in [0.25, 0.3) is 0 Å². The number of hydrogen-bond acceptors (Lipinski definition) is 2. The molecule has 1 saturated heterocycles. The molecule has 0 radical (unpaired) electrons. The Bertz CT molecular complexity index is 257. The van der Waals surface area contributed by atoms with E-state index in [9.17, 15) is 4.79 Å². The molecule has 74 valence electrons. The second-order valence-corrected chi connectivity index (χ2v) is 5.42. The molecule has 1 saturated carbocycles. The lowest BCUT2D eigenvalue weighted by Crippen LogP contribution is -2.48. The molecule has 0 amide bonds. The zero-order valence-electron chi connectivity index (χ0n) is 8.89. The summed E-state index contributed by atoms with van der Waals surface area (Å²) in [5, 5.41) is 0. The Morgan fingerprint density at radius 2 is 2.00 bits per heavy atom. The van der Waals surface area contributed by atoms with Crippen LogP contribution in [-0.2, 0) is 9.53 Å². The van der Waals surface area contributed by atoms with Gasteiger partial charge in [-0.05, 0) is 25.2 Å². The molecule has 2 heteroatoms. The highest BCUT2D eigenvalue weighted by atomic mass is 16.6. The molecule has 2 bridgehead atoms. The summed E-state index contributed by atoms with van der Waals surface area (Å²) in [5.41, 5.74) is -0.0628. The van der Waals surface area contributed by atoms with Crippen molar-refractivity contribution < 1.29 is 9.53 Å². The van der Waals surface area contributed by atoms with E-state index in [1.54, 1.807) is 0 Å². The molecule has 0 N–H and O–H groups in total. The Morgan fingerprint density at radius 3 is 2.54 bits per heavy atom. The third kappa shape index (κ3) is 0.976. The van der Waals surface area contributed by atoms with Crippen LogP contribution in [0, 0.1) is 17.3 Å². The predicted octanol–water partition coefficient (Wildman–Crippen LogP) is 2.37. The van der Waals surface area contributed by atoms with Crippen LogP contribution in [0.5, 0.6) is 0 Å². The average Bonchev–Trinajstić information content (AvgIpc) is 2.13. The fraction of sp³-hybridized carbons (Fsp3) is 0.909. The van der Waals surface area contributed by atoms with Crippen molar-refractivity contribution in [2.24, 2.45) is 17.3 Å². The van der Waals surface area contributed by atoms with Crippen molar-refractivity contribution in [1.82, 2.24) is 0 Å². The number of fused-ring (bicyclic) bond motifs is 2. The maximum Gasteiger partial charge on any atom is 0.306 e. The van der Waals surface area contributed by atoms with Gasteiger partial charge in [-0.25, -0.2) is 0 Å². The van der Waals surface area contributed by atoms with Gasteiger partial charge in [-0.15, -0.1) is 0 Å². The molecule has 3 atom stereocenters. The summed E-state index contributed by atoms with van der Waals surface area (Å²) in [5.74, 6) is 1.13. The van der Waals surface area contributed by atoms with Gasteiger partial charge in [-0.3, -0.25) is 4.79 Å². The molecule has 3 unspecified atom stereocenters. The van der Waals surface area contributed by atoms with Crippen molar-refractivity contribution >= 4 is 5.97 Å². The monoisotopic (exact) mass is 182 g/mol. The summed E-state index contributed by atoms with van der Waals surface area (Å²) < 4.78 is 5.51. The van der Waals surface area contributed by atoms with E-state index in [0.717, 1.165) is 6.42 Å². The predicted molar refractivity (Wildman–Crippen MR) is 50.2 cm³/mol. The van der Waals surface area contributed by atoms with Crippen LogP contribution in [0.15, 0.2) is 0 Å². The molecule has 2 aliphatic rings. The second-order valence-electron chi connectivity index (χ2n) is 5.42. The van der Waals surface area contributed by atoms with Crippen LogP contribution in [0.3, 0.4) is 0 Å². The Labute approximate surface area is 79.7 Å². The van der Waals surface area contributed by atoms with Crippen LogP contribution in [-0.4, -0.2) is 11.6 Å². The lowest BCUT2D eigenvalue weighted by Gasteiger charge is -2.44. The molecule has 0 aromatic heterocycles. The third-order valence-corrected chi connectivity index (χ3v) is 4.41.